The predicted octanol–water partition coefficient (Wildman–Crippen LogP) is 4.65. The van der Waals surface area contributed by atoms with E-state index in [9.17, 15) is 9.18 Å². The van der Waals surface area contributed by atoms with Crippen LogP contribution >= 0.6 is 0 Å². The molecule has 26 heavy (non-hydrogen) atoms. The average molecular weight is 350 g/mol. The zero-order valence-electron chi connectivity index (χ0n) is 14.7. The topological polar surface area (TPSA) is 36.1 Å². The second kappa shape index (κ2) is 7.32. The van der Waals surface area contributed by atoms with E-state index in [-0.39, 0.29) is 11.7 Å². The van der Waals surface area contributed by atoms with Crippen molar-refractivity contribution >= 4 is 16.8 Å². The van der Waals surface area contributed by atoms with Crippen LogP contribution in [0.2, 0.25) is 0 Å². The van der Waals surface area contributed by atoms with Crippen LogP contribution in [0.25, 0.3) is 10.9 Å². The number of aromatic amines is 1. The molecule has 1 saturated heterocycles. The Morgan fingerprint density at radius 2 is 1.81 bits per heavy atom. The molecule has 1 amide bonds. The van der Waals surface area contributed by atoms with E-state index < -0.39 is 0 Å². The Hall–Kier alpha value is -2.62. The first-order chi connectivity index (χ1) is 12.7. The molecule has 0 unspecified atom stereocenters. The Kier molecular flexibility index (Phi) is 4.74. The van der Waals surface area contributed by atoms with Gasteiger partial charge in [-0.15, -0.1) is 0 Å². The SMILES string of the molecule is O=C(CCc1ccccc1F)N1CCC(c2c[nH]c3ccccc23)CC1. The molecule has 0 bridgehead atoms. The number of fused-ring (bicyclic) bond motifs is 1. The Morgan fingerprint density at radius 3 is 2.62 bits per heavy atom. The molecule has 0 spiro atoms. The molecule has 0 atom stereocenters. The third kappa shape index (κ3) is 3.36. The third-order valence-corrected chi connectivity index (χ3v) is 5.47. The molecule has 0 radical (unpaired) electrons. The van der Waals surface area contributed by atoms with Crippen molar-refractivity contribution in [1.29, 1.82) is 0 Å². The van der Waals surface area contributed by atoms with Crippen molar-refractivity contribution in [2.45, 2.75) is 31.6 Å². The van der Waals surface area contributed by atoms with Crippen LogP contribution in [0.3, 0.4) is 0 Å². The van der Waals surface area contributed by atoms with Crippen LogP contribution in [-0.4, -0.2) is 28.9 Å². The highest BCUT2D eigenvalue weighted by molar-refractivity contribution is 5.83. The van der Waals surface area contributed by atoms with Gasteiger partial charge < -0.3 is 9.88 Å². The number of nitrogens with zero attached hydrogens (tertiary/aromatic N) is 1. The molecule has 1 aliphatic rings. The zero-order chi connectivity index (χ0) is 17.9. The van der Waals surface area contributed by atoms with Gasteiger partial charge in [0.2, 0.25) is 5.91 Å². The first-order valence-corrected chi connectivity index (χ1v) is 9.29. The number of H-pyrrole nitrogens is 1. The minimum absolute atomic E-state index is 0.130. The van der Waals surface area contributed by atoms with Gasteiger partial charge in [0.05, 0.1) is 0 Å². The Balaban J connectivity index is 1.34. The van der Waals surface area contributed by atoms with E-state index >= 15 is 0 Å². The summed E-state index contributed by atoms with van der Waals surface area (Å²) in [5.41, 5.74) is 3.15. The van der Waals surface area contributed by atoms with Gasteiger partial charge in [0.1, 0.15) is 5.82 Å². The summed E-state index contributed by atoms with van der Waals surface area (Å²) in [5.74, 6) is 0.394. The first kappa shape index (κ1) is 16.8. The Morgan fingerprint density at radius 1 is 1.08 bits per heavy atom. The summed E-state index contributed by atoms with van der Waals surface area (Å²) in [4.78, 5) is 17.8. The van der Waals surface area contributed by atoms with Gasteiger partial charge in [-0.25, -0.2) is 4.39 Å². The van der Waals surface area contributed by atoms with Crippen LogP contribution in [0.4, 0.5) is 4.39 Å². The number of aryl methyl sites for hydroxylation is 1. The smallest absolute Gasteiger partial charge is 0.222 e. The number of para-hydroxylation sites is 1. The summed E-state index contributed by atoms with van der Waals surface area (Å²) < 4.78 is 13.7. The summed E-state index contributed by atoms with van der Waals surface area (Å²) in [6, 6.07) is 15.1. The number of halogens is 1. The minimum atomic E-state index is -0.224. The first-order valence-electron chi connectivity index (χ1n) is 9.29. The van der Waals surface area contributed by atoms with Gasteiger partial charge >= 0.3 is 0 Å². The molecular formula is C22H23FN2O. The van der Waals surface area contributed by atoms with Gasteiger partial charge in [-0.1, -0.05) is 36.4 Å². The zero-order valence-corrected chi connectivity index (χ0v) is 14.7. The van der Waals surface area contributed by atoms with Gasteiger partial charge in [-0.3, -0.25) is 4.79 Å². The lowest BCUT2D eigenvalue weighted by molar-refractivity contribution is -0.132. The standard InChI is InChI=1S/C22H23FN2O/c23-20-7-3-1-5-17(20)9-10-22(26)25-13-11-16(12-14-25)19-15-24-21-8-4-2-6-18(19)21/h1-8,15-16,24H,9-14H2. The van der Waals surface area contributed by atoms with Crippen LogP contribution in [0.15, 0.2) is 54.7 Å². The van der Waals surface area contributed by atoms with E-state index in [1.807, 2.05) is 17.0 Å². The molecule has 1 N–H and O–H groups in total. The summed E-state index contributed by atoms with van der Waals surface area (Å²) in [5, 5.41) is 1.29. The van der Waals surface area contributed by atoms with Crippen molar-refractivity contribution in [3.8, 4) is 0 Å². The number of nitrogens with one attached hydrogen (secondary N) is 1. The fourth-order valence-corrected chi connectivity index (χ4v) is 3.97. The maximum Gasteiger partial charge on any atom is 0.222 e. The molecule has 0 saturated carbocycles. The van der Waals surface area contributed by atoms with E-state index in [0.717, 1.165) is 25.9 Å². The molecule has 2 heterocycles. The number of amides is 1. The summed E-state index contributed by atoms with van der Waals surface area (Å²) in [7, 11) is 0. The van der Waals surface area contributed by atoms with E-state index in [0.29, 0.717) is 24.3 Å². The van der Waals surface area contributed by atoms with Crippen molar-refractivity contribution in [1.82, 2.24) is 9.88 Å². The third-order valence-electron chi connectivity index (χ3n) is 5.47. The fraction of sp³-hybridized carbons (Fsp3) is 0.318. The van der Waals surface area contributed by atoms with Crippen LogP contribution in [-0.2, 0) is 11.2 Å². The van der Waals surface area contributed by atoms with Gasteiger partial charge in [0.15, 0.2) is 0 Å². The number of hydrogen-bond acceptors (Lipinski definition) is 1. The van der Waals surface area contributed by atoms with E-state index in [1.165, 1.54) is 22.5 Å². The summed E-state index contributed by atoms with van der Waals surface area (Å²) >= 11 is 0. The van der Waals surface area contributed by atoms with Gasteiger partial charge in [0.25, 0.3) is 0 Å². The number of aromatic nitrogens is 1. The molecule has 1 aromatic heterocycles. The highest BCUT2D eigenvalue weighted by atomic mass is 19.1. The second-order valence-electron chi connectivity index (χ2n) is 7.04. The molecular weight excluding hydrogens is 327 g/mol. The monoisotopic (exact) mass is 350 g/mol. The summed E-state index contributed by atoms with van der Waals surface area (Å²) in [6.07, 6.45) is 4.91. The predicted molar refractivity (Wildman–Crippen MR) is 102 cm³/mol. The minimum Gasteiger partial charge on any atom is -0.361 e. The number of piperidine rings is 1. The summed E-state index contributed by atoms with van der Waals surface area (Å²) in [6.45, 7) is 1.56. The van der Waals surface area contributed by atoms with Crippen molar-refractivity contribution in [3.63, 3.8) is 0 Å². The number of rotatable bonds is 4. The molecule has 4 rings (SSSR count). The lowest BCUT2D eigenvalue weighted by atomic mass is 9.89. The molecule has 4 heteroatoms. The van der Waals surface area contributed by atoms with Gasteiger partial charge in [0, 0.05) is 36.6 Å². The van der Waals surface area contributed by atoms with Crippen LogP contribution in [0.1, 0.15) is 36.3 Å². The highest BCUT2D eigenvalue weighted by Crippen LogP contribution is 2.33. The lowest BCUT2D eigenvalue weighted by Gasteiger charge is -2.32. The van der Waals surface area contributed by atoms with E-state index in [1.54, 1.807) is 12.1 Å². The van der Waals surface area contributed by atoms with Crippen molar-refractivity contribution in [3.05, 3.63) is 71.7 Å². The number of carbonyl (C=O) groups excluding carboxylic acids is 1. The van der Waals surface area contributed by atoms with Crippen molar-refractivity contribution in [2.75, 3.05) is 13.1 Å². The molecule has 0 aliphatic carbocycles. The van der Waals surface area contributed by atoms with Crippen molar-refractivity contribution < 1.29 is 9.18 Å². The van der Waals surface area contributed by atoms with Crippen molar-refractivity contribution in [2.24, 2.45) is 0 Å². The Labute approximate surface area is 152 Å². The maximum atomic E-state index is 13.7. The number of benzene rings is 2. The maximum absolute atomic E-state index is 13.7. The highest BCUT2D eigenvalue weighted by Gasteiger charge is 2.25. The molecule has 3 nitrogen and oxygen atoms in total. The molecule has 3 aromatic rings. The van der Waals surface area contributed by atoms with Crippen LogP contribution < -0.4 is 0 Å². The normalized spacial score (nSPS) is 15.5. The largest absolute Gasteiger partial charge is 0.361 e. The second-order valence-corrected chi connectivity index (χ2v) is 7.04. The van der Waals surface area contributed by atoms with Gasteiger partial charge in [-0.2, -0.15) is 0 Å². The molecule has 1 fully saturated rings. The van der Waals surface area contributed by atoms with E-state index in [2.05, 4.69) is 29.4 Å². The quantitative estimate of drug-likeness (QED) is 0.731. The molecule has 134 valence electrons. The number of hydrogen-bond donors (Lipinski definition) is 1. The number of carbonyl (C=O) groups is 1. The molecule has 1 aliphatic heterocycles. The van der Waals surface area contributed by atoms with Gasteiger partial charge in [-0.05, 0) is 48.4 Å². The molecule has 2 aromatic carbocycles. The fourth-order valence-electron chi connectivity index (χ4n) is 3.97. The average Bonchev–Trinajstić information content (AvgIpc) is 3.11. The van der Waals surface area contributed by atoms with E-state index in [4.69, 9.17) is 0 Å². The van der Waals surface area contributed by atoms with Crippen LogP contribution in [0, 0.1) is 5.82 Å². The number of likely N-dealkylation sites (tertiary alicyclic amines) is 1. The Bertz CT molecular complexity index is 909. The lowest BCUT2D eigenvalue weighted by Crippen LogP contribution is -2.38. The van der Waals surface area contributed by atoms with Crippen LogP contribution in [0.5, 0.6) is 0 Å².